The number of benzene rings is 1. The number of hydrogen-bond donors (Lipinski definition) is 2. The van der Waals surface area contributed by atoms with E-state index in [1.54, 1.807) is 0 Å². The van der Waals surface area contributed by atoms with Gasteiger partial charge in [0.15, 0.2) is 0 Å². The zero-order chi connectivity index (χ0) is 11.2. The Morgan fingerprint density at radius 3 is 3.00 bits per heavy atom. The lowest BCUT2D eigenvalue weighted by atomic mass is 10.00. The molecule has 1 aromatic rings. The van der Waals surface area contributed by atoms with Crippen LogP contribution in [0.25, 0.3) is 0 Å². The van der Waals surface area contributed by atoms with Gasteiger partial charge in [0.25, 0.3) is 0 Å². The third kappa shape index (κ3) is 3.58. The monoisotopic (exact) mass is 282 g/mol. The molecule has 0 saturated carbocycles. The molecular weight excluding hydrogens is 264 g/mol. The van der Waals surface area contributed by atoms with Crippen LogP contribution in [0.4, 0.5) is 0 Å². The lowest BCUT2D eigenvalue weighted by Gasteiger charge is -2.23. The summed E-state index contributed by atoms with van der Waals surface area (Å²) >= 11 is 3.57. The molecule has 1 aliphatic rings. The molecule has 0 spiro atoms. The number of rotatable bonds is 4. The highest BCUT2D eigenvalue weighted by Gasteiger charge is 2.11. The first-order valence-corrected chi connectivity index (χ1v) is 6.80. The summed E-state index contributed by atoms with van der Waals surface area (Å²) in [5, 5.41) is 6.99. The minimum absolute atomic E-state index is 0.802. The highest BCUT2D eigenvalue weighted by atomic mass is 79.9. The van der Waals surface area contributed by atoms with Crippen molar-refractivity contribution >= 4 is 15.9 Å². The fourth-order valence-corrected chi connectivity index (χ4v) is 2.58. The molecule has 3 heteroatoms. The highest BCUT2D eigenvalue weighted by molar-refractivity contribution is 9.10. The van der Waals surface area contributed by atoms with E-state index in [4.69, 9.17) is 0 Å². The molecule has 1 saturated heterocycles. The maximum atomic E-state index is 3.57. The van der Waals surface area contributed by atoms with Gasteiger partial charge in [0.2, 0.25) is 0 Å². The standard InChI is InChI=1S/C13H19BrN2/c14-13-6-2-1-5-12(13)10-16-9-11-4-3-7-15-8-11/h1-2,5-6,11,15-16H,3-4,7-10H2. The molecule has 0 aliphatic carbocycles. The molecule has 1 aliphatic heterocycles. The van der Waals surface area contributed by atoms with Crippen LogP contribution in [0.15, 0.2) is 28.7 Å². The topological polar surface area (TPSA) is 24.1 Å². The highest BCUT2D eigenvalue weighted by Crippen LogP contribution is 2.15. The maximum Gasteiger partial charge on any atom is 0.0220 e. The molecule has 88 valence electrons. The van der Waals surface area contributed by atoms with E-state index in [1.165, 1.54) is 36.0 Å². The van der Waals surface area contributed by atoms with Crippen molar-refractivity contribution in [2.45, 2.75) is 19.4 Å². The normalized spacial score (nSPS) is 20.9. The largest absolute Gasteiger partial charge is 0.316 e. The first-order valence-electron chi connectivity index (χ1n) is 6.01. The van der Waals surface area contributed by atoms with E-state index in [-0.39, 0.29) is 0 Å². The summed E-state index contributed by atoms with van der Waals surface area (Å²) in [5.41, 5.74) is 1.34. The van der Waals surface area contributed by atoms with E-state index >= 15 is 0 Å². The number of hydrogen-bond acceptors (Lipinski definition) is 2. The fourth-order valence-electron chi connectivity index (χ4n) is 2.15. The van der Waals surface area contributed by atoms with Gasteiger partial charge in [-0.05, 0) is 50.0 Å². The molecule has 0 amide bonds. The van der Waals surface area contributed by atoms with Crippen LogP contribution in [-0.4, -0.2) is 19.6 Å². The summed E-state index contributed by atoms with van der Waals surface area (Å²) < 4.78 is 1.20. The average molecular weight is 283 g/mol. The van der Waals surface area contributed by atoms with Crippen LogP contribution in [0.2, 0.25) is 0 Å². The predicted octanol–water partition coefficient (Wildman–Crippen LogP) is 2.54. The lowest BCUT2D eigenvalue weighted by Crippen LogP contribution is -2.35. The molecule has 2 rings (SSSR count). The van der Waals surface area contributed by atoms with Crippen LogP contribution < -0.4 is 10.6 Å². The maximum absolute atomic E-state index is 3.57. The van der Waals surface area contributed by atoms with Gasteiger partial charge in [-0.2, -0.15) is 0 Å². The minimum atomic E-state index is 0.802. The fraction of sp³-hybridized carbons (Fsp3) is 0.538. The van der Waals surface area contributed by atoms with E-state index in [2.05, 4.69) is 50.8 Å². The number of halogens is 1. The smallest absolute Gasteiger partial charge is 0.0220 e. The van der Waals surface area contributed by atoms with Gasteiger partial charge < -0.3 is 10.6 Å². The summed E-state index contributed by atoms with van der Waals surface area (Å²) in [7, 11) is 0. The van der Waals surface area contributed by atoms with Gasteiger partial charge in [0.1, 0.15) is 0 Å². The molecular formula is C13H19BrN2. The van der Waals surface area contributed by atoms with Gasteiger partial charge in [-0.25, -0.2) is 0 Å². The molecule has 2 nitrogen and oxygen atoms in total. The van der Waals surface area contributed by atoms with E-state index < -0.39 is 0 Å². The second-order valence-electron chi connectivity index (χ2n) is 4.43. The molecule has 2 N–H and O–H groups in total. The van der Waals surface area contributed by atoms with Crippen molar-refractivity contribution in [3.63, 3.8) is 0 Å². The second-order valence-corrected chi connectivity index (χ2v) is 5.29. The Balaban J connectivity index is 1.73. The SMILES string of the molecule is Brc1ccccc1CNCC1CCCNC1. The van der Waals surface area contributed by atoms with Gasteiger partial charge in [0.05, 0.1) is 0 Å². The average Bonchev–Trinajstić information content (AvgIpc) is 2.33. The quantitative estimate of drug-likeness (QED) is 0.887. The van der Waals surface area contributed by atoms with Crippen molar-refractivity contribution in [1.82, 2.24) is 10.6 Å². The lowest BCUT2D eigenvalue weighted by molar-refractivity contribution is 0.360. The Morgan fingerprint density at radius 2 is 2.25 bits per heavy atom. The summed E-state index contributed by atoms with van der Waals surface area (Å²) in [6.07, 6.45) is 2.68. The minimum Gasteiger partial charge on any atom is -0.316 e. The summed E-state index contributed by atoms with van der Waals surface area (Å²) in [4.78, 5) is 0. The summed E-state index contributed by atoms with van der Waals surface area (Å²) in [6.45, 7) is 4.44. The molecule has 0 bridgehead atoms. The Morgan fingerprint density at radius 1 is 1.38 bits per heavy atom. The third-order valence-electron chi connectivity index (χ3n) is 3.11. The van der Waals surface area contributed by atoms with Crippen molar-refractivity contribution in [1.29, 1.82) is 0 Å². The molecule has 1 aromatic carbocycles. The van der Waals surface area contributed by atoms with Gasteiger partial charge in [-0.3, -0.25) is 0 Å². The number of piperidine rings is 1. The number of nitrogens with one attached hydrogen (secondary N) is 2. The molecule has 1 atom stereocenters. The van der Waals surface area contributed by atoms with Gasteiger partial charge in [-0.15, -0.1) is 0 Å². The first kappa shape index (κ1) is 12.1. The summed E-state index contributed by atoms with van der Waals surface area (Å²) in [6, 6.07) is 8.40. The summed E-state index contributed by atoms with van der Waals surface area (Å²) in [5.74, 6) is 0.802. The van der Waals surface area contributed by atoms with E-state index in [9.17, 15) is 0 Å². The van der Waals surface area contributed by atoms with E-state index in [0.29, 0.717) is 0 Å². The second kappa shape index (κ2) is 6.38. The third-order valence-corrected chi connectivity index (χ3v) is 3.88. The van der Waals surface area contributed by atoms with Crippen molar-refractivity contribution in [2.75, 3.05) is 19.6 Å². The Bertz CT molecular complexity index is 321. The first-order chi connectivity index (χ1) is 7.86. The zero-order valence-electron chi connectivity index (χ0n) is 9.51. The van der Waals surface area contributed by atoms with Gasteiger partial charge in [-0.1, -0.05) is 34.1 Å². The van der Waals surface area contributed by atoms with Crippen molar-refractivity contribution in [3.8, 4) is 0 Å². The predicted molar refractivity (Wildman–Crippen MR) is 71.4 cm³/mol. The van der Waals surface area contributed by atoms with Gasteiger partial charge >= 0.3 is 0 Å². The zero-order valence-corrected chi connectivity index (χ0v) is 11.1. The van der Waals surface area contributed by atoms with Crippen LogP contribution in [0.1, 0.15) is 18.4 Å². The Labute approximate surface area is 106 Å². The van der Waals surface area contributed by atoms with Crippen molar-refractivity contribution in [2.24, 2.45) is 5.92 Å². The van der Waals surface area contributed by atoms with Gasteiger partial charge in [0, 0.05) is 11.0 Å². The molecule has 1 fully saturated rings. The molecule has 1 unspecified atom stereocenters. The van der Waals surface area contributed by atoms with Crippen molar-refractivity contribution < 1.29 is 0 Å². The van der Waals surface area contributed by atoms with E-state index in [0.717, 1.165) is 19.0 Å². The van der Waals surface area contributed by atoms with Crippen LogP contribution in [0.5, 0.6) is 0 Å². The molecule has 1 heterocycles. The molecule has 0 radical (unpaired) electrons. The van der Waals surface area contributed by atoms with Crippen LogP contribution in [-0.2, 0) is 6.54 Å². The van der Waals surface area contributed by atoms with Crippen molar-refractivity contribution in [3.05, 3.63) is 34.3 Å². The molecule has 16 heavy (non-hydrogen) atoms. The van der Waals surface area contributed by atoms with E-state index in [1.807, 2.05) is 0 Å². The van der Waals surface area contributed by atoms with Crippen LogP contribution in [0, 0.1) is 5.92 Å². The Kier molecular flexibility index (Phi) is 4.82. The molecule has 0 aromatic heterocycles. The van der Waals surface area contributed by atoms with Crippen LogP contribution in [0.3, 0.4) is 0 Å². The Hall–Kier alpha value is -0.380. The van der Waals surface area contributed by atoms with Crippen LogP contribution >= 0.6 is 15.9 Å².